The Morgan fingerprint density at radius 2 is 1.91 bits per heavy atom. The van der Waals surface area contributed by atoms with Gasteiger partial charge in [0.2, 0.25) is 0 Å². The summed E-state index contributed by atoms with van der Waals surface area (Å²) in [5, 5.41) is 11.5. The number of benzene rings is 1. The second-order valence-corrected chi connectivity index (χ2v) is 7.99. The van der Waals surface area contributed by atoms with E-state index in [2.05, 4.69) is 12.2 Å². The summed E-state index contributed by atoms with van der Waals surface area (Å²) in [7, 11) is 3.13. The summed E-state index contributed by atoms with van der Waals surface area (Å²) in [6.07, 6.45) is 3.40. The molecule has 2 N–H and O–H groups in total. The molecule has 120 valence electrons. The Kier molecular flexibility index (Phi) is 6.64. The summed E-state index contributed by atoms with van der Waals surface area (Å²) in [5.41, 5.74) is 4.68. The van der Waals surface area contributed by atoms with Gasteiger partial charge in [-0.1, -0.05) is 27.7 Å². The third-order valence-corrected chi connectivity index (χ3v) is 6.13. The molecular weight excluding hydrogens is 318 g/mol. The molecule has 1 aromatic carbocycles. The van der Waals surface area contributed by atoms with Crippen LogP contribution in [0.4, 0.5) is 0 Å². The van der Waals surface area contributed by atoms with Crippen LogP contribution in [-0.4, -0.2) is 35.0 Å². The van der Waals surface area contributed by atoms with Gasteiger partial charge in [-0.2, -0.15) is 0 Å². The minimum absolute atomic E-state index is 0.00860. The zero-order chi connectivity index (χ0) is 15.9. The van der Waals surface area contributed by atoms with Crippen molar-refractivity contribution in [1.82, 2.24) is 5.32 Å². The van der Waals surface area contributed by atoms with E-state index < -0.39 is 5.97 Å². The summed E-state index contributed by atoms with van der Waals surface area (Å²) < 4.78 is 0. The Balaban J connectivity index is 1.75. The van der Waals surface area contributed by atoms with E-state index in [0.29, 0.717) is 12.3 Å². The van der Waals surface area contributed by atoms with Crippen LogP contribution in [0.15, 0.2) is 12.1 Å². The van der Waals surface area contributed by atoms with E-state index >= 15 is 0 Å². The highest BCUT2D eigenvalue weighted by Gasteiger charge is 2.20. The lowest BCUT2D eigenvalue weighted by molar-refractivity contribution is -0.136. The fraction of sp³-hybridized carbons (Fsp3) is 0.500. The molecule has 0 radical (unpaired) electrons. The molecule has 4 nitrogen and oxygen atoms in total. The maximum absolute atomic E-state index is 12.3. The van der Waals surface area contributed by atoms with Crippen molar-refractivity contribution in [2.24, 2.45) is 0 Å². The Hall–Kier alpha value is -1.14. The van der Waals surface area contributed by atoms with Crippen LogP contribution in [0.2, 0.25) is 0 Å². The average molecular weight is 339 g/mol. The number of rotatable bonds is 8. The first-order valence-electron chi connectivity index (χ1n) is 7.45. The van der Waals surface area contributed by atoms with Gasteiger partial charge in [0.05, 0.1) is 6.42 Å². The maximum atomic E-state index is 12.3. The van der Waals surface area contributed by atoms with Crippen molar-refractivity contribution in [3.05, 3.63) is 34.4 Å². The highest BCUT2D eigenvalue weighted by Crippen LogP contribution is 2.28. The molecule has 1 aliphatic rings. The number of carboxylic acid groups (broad SMARTS) is 1. The number of carbonyl (C=O) groups excluding carboxylic acids is 1. The van der Waals surface area contributed by atoms with E-state index in [0.717, 1.165) is 30.6 Å². The van der Waals surface area contributed by atoms with Crippen molar-refractivity contribution in [3.8, 4) is 0 Å². The van der Waals surface area contributed by atoms with Gasteiger partial charge < -0.3 is 10.4 Å². The van der Waals surface area contributed by atoms with Crippen LogP contribution in [0.5, 0.6) is 0 Å². The minimum Gasteiger partial charge on any atom is -0.481 e. The molecule has 0 aliphatic heterocycles. The number of hydrogen-bond acceptors (Lipinski definition) is 4. The molecule has 0 heterocycles. The quantitative estimate of drug-likeness (QED) is 0.563. The van der Waals surface area contributed by atoms with Crippen molar-refractivity contribution in [3.63, 3.8) is 0 Å². The summed E-state index contributed by atoms with van der Waals surface area (Å²) in [6.45, 7) is 2.71. The zero-order valence-corrected chi connectivity index (χ0v) is 14.3. The van der Waals surface area contributed by atoms with Gasteiger partial charge >= 0.3 is 5.97 Å². The molecule has 0 aromatic heterocycles. The zero-order valence-electron chi connectivity index (χ0n) is 12.7. The highest BCUT2D eigenvalue weighted by atomic mass is 33.1. The van der Waals surface area contributed by atoms with Crippen LogP contribution in [0, 0.1) is 6.92 Å². The number of aryl methyl sites for hydroxylation is 1. The molecule has 6 heteroatoms. The van der Waals surface area contributed by atoms with Crippen molar-refractivity contribution in [2.45, 2.75) is 32.6 Å². The number of nitrogens with one attached hydrogen (secondary N) is 1. The maximum Gasteiger partial charge on any atom is 0.304 e. The summed E-state index contributed by atoms with van der Waals surface area (Å²) in [6, 6.07) is 3.97. The topological polar surface area (TPSA) is 66.4 Å². The van der Waals surface area contributed by atoms with Gasteiger partial charge in [-0.25, -0.2) is 0 Å². The summed E-state index contributed by atoms with van der Waals surface area (Å²) in [5.74, 6) is 0.618. The molecule has 0 spiro atoms. The van der Waals surface area contributed by atoms with Crippen LogP contribution in [0.25, 0.3) is 0 Å². The van der Waals surface area contributed by atoms with Gasteiger partial charge in [0.15, 0.2) is 0 Å². The molecule has 1 amide bonds. The van der Waals surface area contributed by atoms with E-state index in [9.17, 15) is 9.59 Å². The van der Waals surface area contributed by atoms with Crippen molar-refractivity contribution in [2.75, 3.05) is 18.1 Å². The molecule has 0 atom stereocenters. The molecule has 1 aromatic rings. The van der Waals surface area contributed by atoms with Crippen LogP contribution in [0.1, 0.15) is 39.9 Å². The first-order valence-corrected chi connectivity index (χ1v) is 9.94. The normalized spacial score (nSPS) is 13.0. The predicted octanol–water partition coefficient (Wildman–Crippen LogP) is 3.07. The molecule has 1 aliphatic carbocycles. The van der Waals surface area contributed by atoms with Crippen molar-refractivity contribution < 1.29 is 14.7 Å². The fourth-order valence-electron chi connectivity index (χ4n) is 2.65. The van der Waals surface area contributed by atoms with Crippen molar-refractivity contribution >= 4 is 33.5 Å². The van der Waals surface area contributed by atoms with Gasteiger partial charge in [-0.05, 0) is 48.9 Å². The van der Waals surface area contributed by atoms with E-state index in [1.54, 1.807) is 10.8 Å². The van der Waals surface area contributed by atoms with Gasteiger partial charge in [0.25, 0.3) is 5.91 Å². The van der Waals surface area contributed by atoms with E-state index in [4.69, 9.17) is 5.11 Å². The van der Waals surface area contributed by atoms with Gasteiger partial charge in [-0.3, -0.25) is 9.59 Å². The Morgan fingerprint density at radius 1 is 1.18 bits per heavy atom. The first kappa shape index (κ1) is 17.2. The number of carbonyl (C=O) groups is 2. The average Bonchev–Trinajstić information content (AvgIpc) is 2.96. The summed E-state index contributed by atoms with van der Waals surface area (Å²) >= 11 is 0. The Bertz CT molecular complexity index is 561. The molecule has 0 unspecified atom stereocenters. The lowest BCUT2D eigenvalue weighted by atomic mass is 9.98. The summed E-state index contributed by atoms with van der Waals surface area (Å²) in [4.78, 5) is 22.7. The number of aliphatic carboxylic acids is 1. The largest absolute Gasteiger partial charge is 0.481 e. The lowest BCUT2D eigenvalue weighted by Crippen LogP contribution is -2.26. The standard InChI is InChI=1S/C16H21NO3S2/c1-11-5-6-14(13-4-2-3-12(11)13)16(20)17-8-10-22-21-9-7-15(18)19/h5-6H,2-4,7-10H2,1H3,(H,17,20)(H,18,19). The lowest BCUT2D eigenvalue weighted by Gasteiger charge is -2.11. The fourth-order valence-corrected chi connectivity index (χ4v) is 4.53. The second kappa shape index (κ2) is 8.48. The van der Waals surface area contributed by atoms with Gasteiger partial charge in [-0.15, -0.1) is 0 Å². The predicted molar refractivity (Wildman–Crippen MR) is 92.7 cm³/mol. The van der Waals surface area contributed by atoms with Crippen LogP contribution in [-0.2, 0) is 17.6 Å². The number of fused-ring (bicyclic) bond motifs is 1. The number of amides is 1. The van der Waals surface area contributed by atoms with Gasteiger partial charge in [0, 0.05) is 23.6 Å². The number of carboxylic acids is 1. The Labute approximate surface area is 138 Å². The molecule has 2 rings (SSSR count). The second-order valence-electron chi connectivity index (χ2n) is 5.28. The molecule has 0 bridgehead atoms. The third-order valence-electron chi connectivity index (χ3n) is 3.72. The van der Waals surface area contributed by atoms with E-state index in [1.807, 2.05) is 12.1 Å². The Morgan fingerprint density at radius 3 is 2.68 bits per heavy atom. The monoisotopic (exact) mass is 339 g/mol. The van der Waals surface area contributed by atoms with Crippen LogP contribution >= 0.6 is 21.6 Å². The molecule has 0 saturated carbocycles. The minimum atomic E-state index is -0.769. The molecule has 22 heavy (non-hydrogen) atoms. The molecular formula is C16H21NO3S2. The van der Waals surface area contributed by atoms with Crippen LogP contribution < -0.4 is 5.32 Å². The first-order chi connectivity index (χ1) is 10.6. The van der Waals surface area contributed by atoms with Crippen LogP contribution in [0.3, 0.4) is 0 Å². The van der Waals surface area contributed by atoms with E-state index in [-0.39, 0.29) is 12.3 Å². The van der Waals surface area contributed by atoms with Crippen molar-refractivity contribution in [1.29, 1.82) is 0 Å². The SMILES string of the molecule is Cc1ccc(C(=O)NCCSSCCC(=O)O)c2c1CCC2. The third kappa shape index (κ3) is 4.68. The van der Waals surface area contributed by atoms with E-state index in [1.165, 1.54) is 27.5 Å². The number of hydrogen-bond donors (Lipinski definition) is 2. The smallest absolute Gasteiger partial charge is 0.304 e. The van der Waals surface area contributed by atoms with Gasteiger partial charge in [0.1, 0.15) is 0 Å². The highest BCUT2D eigenvalue weighted by molar-refractivity contribution is 8.76. The molecule has 0 saturated heterocycles. The molecule has 0 fully saturated rings.